The van der Waals surface area contributed by atoms with Gasteiger partial charge in [-0.3, -0.25) is 0 Å². The summed E-state index contributed by atoms with van der Waals surface area (Å²) in [4.78, 5) is 0. The third-order valence-corrected chi connectivity index (χ3v) is 5.08. The van der Waals surface area contributed by atoms with Crippen LogP contribution in [0.3, 0.4) is 0 Å². The quantitative estimate of drug-likeness (QED) is 0.453. The van der Waals surface area contributed by atoms with Crippen molar-refractivity contribution < 1.29 is 14.9 Å². The maximum absolute atomic E-state index is 10.9. The van der Waals surface area contributed by atoms with E-state index in [2.05, 4.69) is 11.8 Å². The van der Waals surface area contributed by atoms with Crippen molar-refractivity contribution in [2.24, 2.45) is 0 Å². The molecule has 0 radical (unpaired) electrons. The van der Waals surface area contributed by atoms with Crippen molar-refractivity contribution in [2.75, 3.05) is 7.11 Å². The van der Waals surface area contributed by atoms with Crippen molar-refractivity contribution in [3.63, 3.8) is 0 Å². The molecule has 0 heterocycles. The van der Waals surface area contributed by atoms with Gasteiger partial charge in [0.1, 0.15) is 17.2 Å². The number of fused-ring (bicyclic) bond motifs is 1. The van der Waals surface area contributed by atoms with E-state index >= 15 is 0 Å². The molecular formula is C27H22O3. The van der Waals surface area contributed by atoms with E-state index in [1.165, 1.54) is 0 Å². The summed E-state index contributed by atoms with van der Waals surface area (Å²) in [6.45, 7) is 0. The number of rotatable bonds is 4. The summed E-state index contributed by atoms with van der Waals surface area (Å²) < 4.78 is 5.25. The second-order valence-corrected chi connectivity index (χ2v) is 7.15. The predicted octanol–water partition coefficient (Wildman–Crippen LogP) is 5.44. The second-order valence-electron chi connectivity index (χ2n) is 7.15. The lowest BCUT2D eigenvalue weighted by Gasteiger charge is -2.11. The van der Waals surface area contributed by atoms with Crippen LogP contribution in [0.4, 0.5) is 0 Å². The Bertz CT molecular complexity index is 1250. The van der Waals surface area contributed by atoms with Crippen molar-refractivity contribution in [1.29, 1.82) is 0 Å². The summed E-state index contributed by atoms with van der Waals surface area (Å²) in [5, 5.41) is 22.8. The normalized spacial score (nSPS) is 10.4. The number of benzene rings is 4. The first-order valence-corrected chi connectivity index (χ1v) is 9.77. The maximum atomic E-state index is 10.9. The van der Waals surface area contributed by atoms with Crippen LogP contribution in [0, 0.1) is 11.8 Å². The van der Waals surface area contributed by atoms with Gasteiger partial charge in [0.05, 0.1) is 7.11 Å². The van der Waals surface area contributed by atoms with E-state index in [9.17, 15) is 10.2 Å². The van der Waals surface area contributed by atoms with Gasteiger partial charge in [0.15, 0.2) is 0 Å². The van der Waals surface area contributed by atoms with Gasteiger partial charge in [-0.05, 0) is 46.8 Å². The van der Waals surface area contributed by atoms with E-state index in [0.717, 1.165) is 27.8 Å². The zero-order valence-corrected chi connectivity index (χ0v) is 16.7. The fourth-order valence-electron chi connectivity index (χ4n) is 3.49. The Labute approximate surface area is 176 Å². The van der Waals surface area contributed by atoms with Crippen molar-refractivity contribution >= 4 is 10.8 Å². The first-order chi connectivity index (χ1) is 14.6. The Morgan fingerprint density at radius 1 is 0.833 bits per heavy atom. The van der Waals surface area contributed by atoms with E-state index in [1.807, 2.05) is 72.8 Å². The summed E-state index contributed by atoms with van der Waals surface area (Å²) in [5.74, 6) is 7.37. The summed E-state index contributed by atoms with van der Waals surface area (Å²) in [6.07, 6.45) is 1.07. The highest BCUT2D eigenvalue weighted by atomic mass is 16.5. The number of hydrogen-bond donors (Lipinski definition) is 2. The molecule has 0 aliphatic carbocycles. The van der Waals surface area contributed by atoms with E-state index in [0.29, 0.717) is 23.8 Å². The summed E-state index contributed by atoms with van der Waals surface area (Å²) >= 11 is 0. The number of methoxy groups -OCH3 is 1. The molecule has 3 nitrogen and oxygen atoms in total. The van der Waals surface area contributed by atoms with Crippen LogP contribution in [0.2, 0.25) is 0 Å². The Morgan fingerprint density at radius 3 is 2.43 bits per heavy atom. The predicted molar refractivity (Wildman–Crippen MR) is 120 cm³/mol. The molecule has 0 spiro atoms. The number of aromatic hydroxyl groups is 2. The topological polar surface area (TPSA) is 49.7 Å². The molecule has 2 N–H and O–H groups in total. The van der Waals surface area contributed by atoms with Crippen molar-refractivity contribution in [2.45, 2.75) is 12.8 Å². The molecule has 0 aliphatic heterocycles. The number of hydrogen-bond acceptors (Lipinski definition) is 3. The molecule has 4 aromatic carbocycles. The highest BCUT2D eigenvalue weighted by molar-refractivity contribution is 5.92. The smallest absolute Gasteiger partial charge is 0.130 e. The molecule has 0 atom stereocenters. The molecule has 0 saturated heterocycles. The number of phenols is 2. The molecule has 4 aromatic rings. The Kier molecular flexibility index (Phi) is 5.59. The molecule has 0 saturated carbocycles. The molecule has 0 amide bonds. The highest BCUT2D eigenvalue weighted by Crippen LogP contribution is 2.37. The highest BCUT2D eigenvalue weighted by Gasteiger charge is 2.13. The van der Waals surface area contributed by atoms with Crippen LogP contribution in [0.5, 0.6) is 17.2 Å². The van der Waals surface area contributed by atoms with Crippen molar-refractivity contribution in [3.8, 4) is 29.1 Å². The van der Waals surface area contributed by atoms with E-state index in [1.54, 1.807) is 13.2 Å². The Hall–Kier alpha value is -3.90. The number of ether oxygens (including phenoxy) is 1. The summed E-state index contributed by atoms with van der Waals surface area (Å²) in [5.41, 5.74) is 3.45. The van der Waals surface area contributed by atoms with E-state index in [4.69, 9.17) is 4.74 Å². The number of phenolic OH excluding ortho intramolecular Hbond substituents is 2. The molecule has 30 heavy (non-hydrogen) atoms. The molecule has 0 fully saturated rings. The standard InChI is InChI=1S/C27H22O3/c1-30-23-12-6-11-19(15-23)9-5-10-21-13-14-22-18-26(28)25(27(29)24(22)16-21)17-20-7-3-2-4-8-20/h2-4,6-8,11-16,18,28-29H,9,17H2,1H3. The van der Waals surface area contributed by atoms with Crippen molar-refractivity contribution in [3.05, 3.63) is 101 Å². The fourth-order valence-corrected chi connectivity index (χ4v) is 3.49. The van der Waals surface area contributed by atoms with Crippen LogP contribution in [0.1, 0.15) is 22.3 Å². The molecular weight excluding hydrogens is 372 g/mol. The van der Waals surface area contributed by atoms with Gasteiger partial charge < -0.3 is 14.9 Å². The van der Waals surface area contributed by atoms with Gasteiger partial charge in [0, 0.05) is 29.4 Å². The molecule has 0 bridgehead atoms. The van der Waals surface area contributed by atoms with Crippen LogP contribution in [-0.4, -0.2) is 17.3 Å². The first kappa shape index (κ1) is 19.4. The van der Waals surface area contributed by atoms with Gasteiger partial charge in [-0.2, -0.15) is 0 Å². The fraction of sp³-hybridized carbons (Fsp3) is 0.111. The lowest BCUT2D eigenvalue weighted by Crippen LogP contribution is -1.91. The van der Waals surface area contributed by atoms with Gasteiger partial charge in [-0.25, -0.2) is 0 Å². The lowest BCUT2D eigenvalue weighted by atomic mass is 9.97. The first-order valence-electron chi connectivity index (χ1n) is 9.77. The Balaban J connectivity index is 1.63. The van der Waals surface area contributed by atoms with Crippen molar-refractivity contribution in [1.82, 2.24) is 0 Å². The molecule has 0 unspecified atom stereocenters. The minimum Gasteiger partial charge on any atom is -0.507 e. The minimum absolute atomic E-state index is 0.0979. The zero-order chi connectivity index (χ0) is 20.9. The van der Waals surface area contributed by atoms with E-state index in [-0.39, 0.29) is 11.5 Å². The van der Waals surface area contributed by atoms with Gasteiger partial charge in [-0.15, -0.1) is 0 Å². The average Bonchev–Trinajstić information content (AvgIpc) is 2.78. The molecule has 0 aliphatic rings. The molecule has 3 heteroatoms. The van der Waals surface area contributed by atoms with Crippen LogP contribution in [-0.2, 0) is 12.8 Å². The largest absolute Gasteiger partial charge is 0.507 e. The van der Waals surface area contributed by atoms with Crippen LogP contribution in [0.15, 0.2) is 78.9 Å². The summed E-state index contributed by atoms with van der Waals surface area (Å²) in [7, 11) is 1.65. The monoisotopic (exact) mass is 394 g/mol. The Morgan fingerprint density at radius 2 is 1.63 bits per heavy atom. The van der Waals surface area contributed by atoms with Crippen LogP contribution in [0.25, 0.3) is 10.8 Å². The maximum Gasteiger partial charge on any atom is 0.130 e. The molecule has 0 aromatic heterocycles. The third-order valence-electron chi connectivity index (χ3n) is 5.08. The van der Waals surface area contributed by atoms with Gasteiger partial charge >= 0.3 is 0 Å². The SMILES string of the molecule is COc1cccc(CC#Cc2ccc3cc(O)c(Cc4ccccc4)c(O)c3c2)c1. The van der Waals surface area contributed by atoms with Gasteiger partial charge in [0.2, 0.25) is 0 Å². The molecule has 148 valence electrons. The molecule has 4 rings (SSSR count). The van der Waals surface area contributed by atoms with Crippen LogP contribution < -0.4 is 4.74 Å². The van der Waals surface area contributed by atoms with Gasteiger partial charge in [0.25, 0.3) is 0 Å². The third kappa shape index (κ3) is 4.24. The lowest BCUT2D eigenvalue weighted by molar-refractivity contribution is 0.414. The second kappa shape index (κ2) is 8.63. The van der Waals surface area contributed by atoms with Crippen LogP contribution >= 0.6 is 0 Å². The van der Waals surface area contributed by atoms with E-state index < -0.39 is 0 Å². The van der Waals surface area contributed by atoms with Gasteiger partial charge in [-0.1, -0.05) is 60.4 Å². The summed E-state index contributed by atoms with van der Waals surface area (Å²) in [6, 6.07) is 25.0. The average molecular weight is 394 g/mol. The minimum atomic E-state index is 0.0979. The zero-order valence-electron chi connectivity index (χ0n) is 16.7.